The number of rotatable bonds is 8. The zero-order valence-corrected chi connectivity index (χ0v) is 11.3. The van der Waals surface area contributed by atoms with E-state index in [4.69, 9.17) is 16.3 Å². The van der Waals surface area contributed by atoms with Crippen LogP contribution in [0.4, 0.5) is 0 Å². The van der Waals surface area contributed by atoms with Crippen molar-refractivity contribution in [2.45, 2.75) is 45.3 Å². The summed E-state index contributed by atoms with van der Waals surface area (Å²) in [6.45, 7) is 3.38. The summed E-state index contributed by atoms with van der Waals surface area (Å²) in [5.74, 6) is 0. The van der Waals surface area contributed by atoms with Crippen molar-refractivity contribution in [2.75, 3.05) is 13.7 Å². The van der Waals surface area contributed by atoms with Crippen molar-refractivity contribution in [3.63, 3.8) is 0 Å². The fourth-order valence-corrected chi connectivity index (χ4v) is 2.02. The standard InChI is InChI=1S/C12H21ClN2O2/c1-3-4-10(16)5-6-12-11(13)9-14-15(12)7-8-17-2/h9-10,16H,3-8H2,1-2H3. The van der Waals surface area contributed by atoms with E-state index in [2.05, 4.69) is 12.0 Å². The number of hydrogen-bond donors (Lipinski definition) is 1. The zero-order chi connectivity index (χ0) is 12.7. The van der Waals surface area contributed by atoms with E-state index < -0.39 is 0 Å². The van der Waals surface area contributed by atoms with E-state index in [1.165, 1.54) is 0 Å². The summed E-state index contributed by atoms with van der Waals surface area (Å²) in [6, 6.07) is 0. The van der Waals surface area contributed by atoms with E-state index in [1.807, 2.05) is 4.68 Å². The fraction of sp³-hybridized carbons (Fsp3) is 0.750. The van der Waals surface area contributed by atoms with Crippen molar-refractivity contribution >= 4 is 11.6 Å². The molecule has 0 amide bonds. The van der Waals surface area contributed by atoms with Crippen molar-refractivity contribution in [1.82, 2.24) is 9.78 Å². The molecule has 0 aliphatic carbocycles. The van der Waals surface area contributed by atoms with Crippen LogP contribution in [0.15, 0.2) is 6.20 Å². The molecule has 1 heterocycles. The molecule has 4 nitrogen and oxygen atoms in total. The quantitative estimate of drug-likeness (QED) is 0.780. The minimum atomic E-state index is -0.248. The van der Waals surface area contributed by atoms with Gasteiger partial charge in [-0.3, -0.25) is 4.68 Å². The maximum Gasteiger partial charge on any atom is 0.0817 e. The maximum absolute atomic E-state index is 9.71. The molecule has 1 atom stereocenters. The molecule has 0 spiro atoms. The van der Waals surface area contributed by atoms with Gasteiger partial charge >= 0.3 is 0 Å². The maximum atomic E-state index is 9.71. The lowest BCUT2D eigenvalue weighted by atomic mass is 10.1. The Bertz CT molecular complexity index is 328. The second kappa shape index (κ2) is 7.69. The van der Waals surface area contributed by atoms with Crippen molar-refractivity contribution in [3.8, 4) is 0 Å². The zero-order valence-electron chi connectivity index (χ0n) is 10.5. The van der Waals surface area contributed by atoms with Crippen molar-refractivity contribution < 1.29 is 9.84 Å². The lowest BCUT2D eigenvalue weighted by Crippen LogP contribution is -2.13. The molecule has 0 saturated carbocycles. The van der Waals surface area contributed by atoms with Gasteiger partial charge in [0.15, 0.2) is 0 Å². The molecular weight excluding hydrogens is 240 g/mol. The number of nitrogens with zero attached hydrogens (tertiary/aromatic N) is 2. The summed E-state index contributed by atoms with van der Waals surface area (Å²) < 4.78 is 6.87. The van der Waals surface area contributed by atoms with Crippen LogP contribution in [0.25, 0.3) is 0 Å². The van der Waals surface area contributed by atoms with Crippen LogP contribution in [0.2, 0.25) is 5.02 Å². The Morgan fingerprint density at radius 1 is 1.53 bits per heavy atom. The predicted molar refractivity (Wildman–Crippen MR) is 68.3 cm³/mol. The molecular formula is C12H21ClN2O2. The van der Waals surface area contributed by atoms with Crippen LogP contribution >= 0.6 is 11.6 Å². The van der Waals surface area contributed by atoms with Gasteiger partial charge in [-0.05, 0) is 19.3 Å². The molecule has 5 heteroatoms. The van der Waals surface area contributed by atoms with Gasteiger partial charge in [-0.2, -0.15) is 5.10 Å². The number of aromatic nitrogens is 2. The van der Waals surface area contributed by atoms with Gasteiger partial charge in [0.05, 0.1) is 36.2 Å². The molecule has 98 valence electrons. The SMILES string of the molecule is CCCC(O)CCc1c(Cl)cnn1CCOC. The van der Waals surface area contributed by atoms with Gasteiger partial charge in [0.25, 0.3) is 0 Å². The number of aliphatic hydroxyl groups excluding tert-OH is 1. The minimum absolute atomic E-state index is 0.248. The fourth-order valence-electron chi connectivity index (χ4n) is 1.79. The first-order valence-electron chi connectivity index (χ1n) is 6.06. The van der Waals surface area contributed by atoms with Crippen molar-refractivity contribution in [3.05, 3.63) is 16.9 Å². The molecule has 0 fully saturated rings. The van der Waals surface area contributed by atoms with Crippen LogP contribution < -0.4 is 0 Å². The molecule has 0 radical (unpaired) electrons. The van der Waals surface area contributed by atoms with Crippen LogP contribution in [0, 0.1) is 0 Å². The van der Waals surface area contributed by atoms with Gasteiger partial charge in [0.1, 0.15) is 0 Å². The Hall–Kier alpha value is -0.580. The van der Waals surface area contributed by atoms with Gasteiger partial charge in [-0.25, -0.2) is 0 Å². The largest absolute Gasteiger partial charge is 0.393 e. The minimum Gasteiger partial charge on any atom is -0.393 e. The molecule has 0 aromatic carbocycles. The lowest BCUT2D eigenvalue weighted by molar-refractivity contribution is 0.152. The van der Waals surface area contributed by atoms with E-state index in [-0.39, 0.29) is 6.10 Å². The summed E-state index contributed by atoms with van der Waals surface area (Å²) in [7, 11) is 1.66. The van der Waals surface area contributed by atoms with E-state index in [1.54, 1.807) is 13.3 Å². The molecule has 17 heavy (non-hydrogen) atoms. The highest BCUT2D eigenvalue weighted by Crippen LogP contribution is 2.18. The van der Waals surface area contributed by atoms with Gasteiger partial charge < -0.3 is 9.84 Å². The predicted octanol–water partition coefficient (Wildman–Crippen LogP) is 2.28. The first-order valence-corrected chi connectivity index (χ1v) is 6.44. The second-order valence-corrected chi connectivity index (χ2v) is 4.54. The van der Waals surface area contributed by atoms with Gasteiger partial charge in [0.2, 0.25) is 0 Å². The van der Waals surface area contributed by atoms with Crippen LogP contribution in [0.1, 0.15) is 31.9 Å². The van der Waals surface area contributed by atoms with Crippen molar-refractivity contribution in [1.29, 1.82) is 0 Å². The smallest absolute Gasteiger partial charge is 0.0817 e. The molecule has 0 bridgehead atoms. The highest BCUT2D eigenvalue weighted by molar-refractivity contribution is 6.31. The Morgan fingerprint density at radius 2 is 2.29 bits per heavy atom. The Labute approximate surface area is 108 Å². The highest BCUT2D eigenvalue weighted by Gasteiger charge is 2.11. The first kappa shape index (κ1) is 14.5. The summed E-state index contributed by atoms with van der Waals surface area (Å²) in [5, 5.41) is 14.6. The first-order chi connectivity index (χ1) is 8.19. The number of methoxy groups -OCH3 is 1. The van der Waals surface area contributed by atoms with Crippen LogP contribution in [-0.2, 0) is 17.7 Å². The molecule has 1 unspecified atom stereocenters. The Balaban J connectivity index is 2.53. The molecule has 0 aliphatic heterocycles. The second-order valence-electron chi connectivity index (χ2n) is 4.14. The normalized spacial score (nSPS) is 12.9. The summed E-state index contributed by atoms with van der Waals surface area (Å²) in [4.78, 5) is 0. The summed E-state index contributed by atoms with van der Waals surface area (Å²) >= 11 is 6.08. The highest BCUT2D eigenvalue weighted by atomic mass is 35.5. The molecule has 0 aliphatic rings. The Kier molecular flexibility index (Phi) is 6.55. The van der Waals surface area contributed by atoms with Gasteiger partial charge in [0, 0.05) is 7.11 Å². The van der Waals surface area contributed by atoms with Crippen molar-refractivity contribution in [2.24, 2.45) is 0 Å². The molecule has 1 aromatic heterocycles. The van der Waals surface area contributed by atoms with E-state index >= 15 is 0 Å². The third-order valence-corrected chi connectivity index (χ3v) is 3.06. The van der Waals surface area contributed by atoms with E-state index in [9.17, 15) is 5.11 Å². The molecule has 0 saturated heterocycles. The van der Waals surface area contributed by atoms with E-state index in [0.29, 0.717) is 18.2 Å². The molecule has 1 aromatic rings. The lowest BCUT2D eigenvalue weighted by Gasteiger charge is -2.11. The molecule has 1 rings (SSSR count). The third kappa shape index (κ3) is 4.66. The average molecular weight is 261 g/mol. The van der Waals surface area contributed by atoms with Gasteiger partial charge in [-0.15, -0.1) is 0 Å². The topological polar surface area (TPSA) is 47.3 Å². The van der Waals surface area contributed by atoms with E-state index in [0.717, 1.165) is 31.4 Å². The summed E-state index contributed by atoms with van der Waals surface area (Å²) in [5.41, 5.74) is 0.985. The number of hydrogen-bond acceptors (Lipinski definition) is 3. The van der Waals surface area contributed by atoms with Crippen LogP contribution in [0.3, 0.4) is 0 Å². The average Bonchev–Trinajstić information content (AvgIpc) is 2.65. The van der Waals surface area contributed by atoms with Crippen LogP contribution in [0.5, 0.6) is 0 Å². The monoisotopic (exact) mass is 260 g/mol. The summed E-state index contributed by atoms with van der Waals surface area (Å²) in [6.07, 6.45) is 4.72. The number of halogens is 1. The van der Waals surface area contributed by atoms with Crippen LogP contribution in [-0.4, -0.2) is 34.7 Å². The van der Waals surface area contributed by atoms with Gasteiger partial charge in [-0.1, -0.05) is 24.9 Å². The number of aliphatic hydroxyl groups is 1. The Morgan fingerprint density at radius 3 is 2.94 bits per heavy atom. The number of ether oxygens (including phenoxy) is 1. The third-order valence-electron chi connectivity index (χ3n) is 2.74. The molecule has 1 N–H and O–H groups in total.